The molecule has 0 aliphatic rings. The van der Waals surface area contributed by atoms with Crippen molar-refractivity contribution in [2.75, 3.05) is 25.0 Å². The van der Waals surface area contributed by atoms with E-state index in [2.05, 4.69) is 5.32 Å². The minimum Gasteiger partial charge on any atom is -0.497 e. The molecule has 3 aromatic rings. The number of amides is 2. The van der Waals surface area contributed by atoms with Gasteiger partial charge in [0.15, 0.2) is 0 Å². The van der Waals surface area contributed by atoms with Crippen LogP contribution in [-0.4, -0.2) is 51.9 Å². The van der Waals surface area contributed by atoms with E-state index < -0.39 is 28.5 Å². The molecule has 0 radical (unpaired) electrons. The summed E-state index contributed by atoms with van der Waals surface area (Å²) in [5, 5.41) is 2.63. The first kappa shape index (κ1) is 28.7. The Morgan fingerprint density at radius 1 is 0.947 bits per heavy atom. The number of carbonyl (C=O) groups excluding carboxylic acids is 2. The second kappa shape index (κ2) is 12.6. The van der Waals surface area contributed by atoms with E-state index >= 15 is 0 Å². The van der Waals surface area contributed by atoms with Crippen LogP contribution in [0.5, 0.6) is 5.75 Å². The van der Waals surface area contributed by atoms with E-state index in [4.69, 9.17) is 4.74 Å². The number of benzene rings is 3. The molecule has 0 aliphatic heterocycles. The molecule has 9 heteroatoms. The third-order valence-corrected chi connectivity index (χ3v) is 8.37. The average molecular weight is 538 g/mol. The molecule has 0 saturated carbocycles. The molecule has 0 fully saturated rings. The van der Waals surface area contributed by atoms with Crippen LogP contribution in [0.25, 0.3) is 0 Å². The number of sulfonamides is 1. The Kier molecular flexibility index (Phi) is 9.52. The van der Waals surface area contributed by atoms with E-state index in [1.807, 2.05) is 39.0 Å². The zero-order valence-corrected chi connectivity index (χ0v) is 23.3. The van der Waals surface area contributed by atoms with Crippen LogP contribution in [0.3, 0.4) is 0 Å². The minimum atomic E-state index is -4.09. The Labute approximate surface area is 225 Å². The van der Waals surface area contributed by atoms with Crippen molar-refractivity contribution in [2.24, 2.45) is 0 Å². The lowest BCUT2D eigenvalue weighted by Crippen LogP contribution is -2.51. The predicted molar refractivity (Wildman–Crippen MR) is 149 cm³/mol. The van der Waals surface area contributed by atoms with Crippen LogP contribution in [0.1, 0.15) is 30.0 Å². The molecule has 0 saturated heterocycles. The standard InChI is InChI=1S/C29H35N3O5S/c1-6-26(29(34)30-4)31(19-23-15-17-24(37-5)18-16-23)28(33)20-32(27-14-10-11-21(2)22(27)3)38(35,36)25-12-8-7-9-13-25/h7-18,26H,6,19-20H2,1-5H3,(H,30,34)/t26-/m0/s1. The van der Waals surface area contributed by atoms with Crippen molar-refractivity contribution in [3.8, 4) is 5.75 Å². The summed E-state index contributed by atoms with van der Waals surface area (Å²) in [7, 11) is -1.01. The first-order chi connectivity index (χ1) is 18.1. The summed E-state index contributed by atoms with van der Waals surface area (Å²) in [6.07, 6.45) is 0.358. The second-order valence-electron chi connectivity index (χ2n) is 8.95. The molecule has 202 valence electrons. The van der Waals surface area contributed by atoms with Gasteiger partial charge >= 0.3 is 0 Å². The van der Waals surface area contributed by atoms with E-state index in [9.17, 15) is 18.0 Å². The molecule has 0 aliphatic carbocycles. The molecule has 8 nitrogen and oxygen atoms in total. The highest BCUT2D eigenvalue weighted by molar-refractivity contribution is 7.92. The third kappa shape index (κ3) is 6.34. The summed E-state index contributed by atoms with van der Waals surface area (Å²) in [5.41, 5.74) is 2.85. The summed E-state index contributed by atoms with van der Waals surface area (Å²) in [6, 6.07) is 19.8. The van der Waals surface area contributed by atoms with E-state index in [-0.39, 0.29) is 17.3 Å². The highest BCUT2D eigenvalue weighted by Gasteiger charge is 2.34. The monoisotopic (exact) mass is 537 g/mol. The number of hydrogen-bond donors (Lipinski definition) is 1. The third-order valence-electron chi connectivity index (χ3n) is 6.60. The average Bonchev–Trinajstić information content (AvgIpc) is 2.93. The van der Waals surface area contributed by atoms with Crippen LogP contribution in [0, 0.1) is 13.8 Å². The fraction of sp³-hybridized carbons (Fsp3) is 0.310. The molecule has 0 bridgehead atoms. The smallest absolute Gasteiger partial charge is 0.264 e. The minimum absolute atomic E-state index is 0.0775. The number of hydrogen-bond acceptors (Lipinski definition) is 5. The number of anilines is 1. The predicted octanol–water partition coefficient (Wildman–Crippen LogP) is 4.06. The lowest BCUT2D eigenvalue weighted by molar-refractivity contribution is -0.140. The molecule has 3 rings (SSSR count). The van der Waals surface area contributed by atoms with Gasteiger partial charge in [-0.15, -0.1) is 0 Å². The number of nitrogens with zero attached hydrogens (tertiary/aromatic N) is 2. The molecule has 2 amide bonds. The van der Waals surface area contributed by atoms with Gasteiger partial charge in [-0.1, -0.05) is 49.4 Å². The van der Waals surface area contributed by atoms with Crippen LogP contribution in [0.4, 0.5) is 5.69 Å². The number of aryl methyl sites for hydroxylation is 1. The van der Waals surface area contributed by atoms with Gasteiger partial charge in [-0.3, -0.25) is 13.9 Å². The first-order valence-corrected chi connectivity index (χ1v) is 13.9. The fourth-order valence-corrected chi connectivity index (χ4v) is 5.75. The van der Waals surface area contributed by atoms with Crippen LogP contribution in [0.15, 0.2) is 77.7 Å². The molecule has 0 spiro atoms. The molecular formula is C29H35N3O5S. The van der Waals surface area contributed by atoms with Gasteiger partial charge in [0.25, 0.3) is 10.0 Å². The molecule has 1 atom stereocenters. The fourth-order valence-electron chi connectivity index (χ4n) is 4.25. The lowest BCUT2D eigenvalue weighted by atomic mass is 10.1. The Morgan fingerprint density at radius 3 is 2.18 bits per heavy atom. The van der Waals surface area contributed by atoms with Gasteiger partial charge < -0.3 is 15.0 Å². The summed E-state index contributed by atoms with van der Waals surface area (Å²) in [5.74, 6) is -0.143. The first-order valence-electron chi connectivity index (χ1n) is 12.4. The van der Waals surface area contributed by atoms with Crippen molar-refractivity contribution >= 4 is 27.5 Å². The molecule has 0 unspecified atom stereocenters. The van der Waals surface area contributed by atoms with Gasteiger partial charge in [-0.05, 0) is 67.3 Å². The second-order valence-corrected chi connectivity index (χ2v) is 10.8. The van der Waals surface area contributed by atoms with Gasteiger partial charge in [0.2, 0.25) is 11.8 Å². The van der Waals surface area contributed by atoms with Crippen LogP contribution in [0.2, 0.25) is 0 Å². The summed E-state index contributed by atoms with van der Waals surface area (Å²) >= 11 is 0. The number of ether oxygens (including phenoxy) is 1. The van der Waals surface area contributed by atoms with Crippen LogP contribution >= 0.6 is 0 Å². The maximum atomic E-state index is 14.0. The highest BCUT2D eigenvalue weighted by atomic mass is 32.2. The number of rotatable bonds is 11. The van der Waals surface area contributed by atoms with Crippen LogP contribution < -0.4 is 14.4 Å². The molecule has 38 heavy (non-hydrogen) atoms. The number of carbonyl (C=O) groups is 2. The molecule has 3 aromatic carbocycles. The van der Waals surface area contributed by atoms with Gasteiger partial charge in [0, 0.05) is 13.6 Å². The van der Waals surface area contributed by atoms with Gasteiger partial charge in [0.1, 0.15) is 18.3 Å². The largest absolute Gasteiger partial charge is 0.497 e. The lowest BCUT2D eigenvalue weighted by Gasteiger charge is -2.33. The number of nitrogens with one attached hydrogen (secondary N) is 1. The van der Waals surface area contributed by atoms with Crippen molar-refractivity contribution in [3.63, 3.8) is 0 Å². The maximum Gasteiger partial charge on any atom is 0.264 e. The highest BCUT2D eigenvalue weighted by Crippen LogP contribution is 2.29. The van der Waals surface area contributed by atoms with Crippen molar-refractivity contribution in [2.45, 2.75) is 44.7 Å². The van der Waals surface area contributed by atoms with Gasteiger partial charge in [0.05, 0.1) is 17.7 Å². The van der Waals surface area contributed by atoms with Crippen molar-refractivity contribution in [1.29, 1.82) is 0 Å². The normalized spacial score (nSPS) is 11.9. The summed E-state index contributed by atoms with van der Waals surface area (Å²) in [4.78, 5) is 28.3. The zero-order valence-electron chi connectivity index (χ0n) is 22.5. The van der Waals surface area contributed by atoms with Crippen LogP contribution in [-0.2, 0) is 26.2 Å². The molecule has 0 aromatic heterocycles. The Morgan fingerprint density at radius 2 is 1.61 bits per heavy atom. The van der Waals surface area contributed by atoms with E-state index in [1.165, 1.54) is 24.1 Å². The van der Waals surface area contributed by atoms with Crippen molar-refractivity contribution in [1.82, 2.24) is 10.2 Å². The summed E-state index contributed by atoms with van der Waals surface area (Å²) in [6.45, 7) is 5.20. The molecule has 1 N–H and O–H groups in total. The van der Waals surface area contributed by atoms with Crippen molar-refractivity contribution in [3.05, 3.63) is 89.5 Å². The topological polar surface area (TPSA) is 96.0 Å². The SMILES string of the molecule is CC[C@@H](C(=O)NC)N(Cc1ccc(OC)cc1)C(=O)CN(c1cccc(C)c1C)S(=O)(=O)c1ccccc1. The summed E-state index contributed by atoms with van der Waals surface area (Å²) < 4.78 is 34.1. The Hall–Kier alpha value is -3.85. The molecular weight excluding hydrogens is 502 g/mol. The van der Waals surface area contributed by atoms with Gasteiger partial charge in [-0.2, -0.15) is 0 Å². The maximum absolute atomic E-state index is 14.0. The zero-order chi connectivity index (χ0) is 27.9. The van der Waals surface area contributed by atoms with E-state index in [1.54, 1.807) is 49.6 Å². The van der Waals surface area contributed by atoms with E-state index in [0.29, 0.717) is 17.9 Å². The number of likely N-dealkylation sites (N-methyl/N-ethyl adjacent to an activating group) is 1. The number of methoxy groups -OCH3 is 1. The molecule has 0 heterocycles. The van der Waals surface area contributed by atoms with Crippen molar-refractivity contribution < 1.29 is 22.7 Å². The van der Waals surface area contributed by atoms with Gasteiger partial charge in [-0.25, -0.2) is 8.42 Å². The van der Waals surface area contributed by atoms with E-state index in [0.717, 1.165) is 21.0 Å². The Balaban J connectivity index is 2.08. The Bertz CT molecular complexity index is 1360. The quantitative estimate of drug-likeness (QED) is 0.398.